The van der Waals surface area contributed by atoms with Gasteiger partial charge >= 0.3 is 0 Å². The van der Waals surface area contributed by atoms with E-state index in [9.17, 15) is 5.21 Å². The Morgan fingerprint density at radius 2 is 2.11 bits per heavy atom. The number of aromatic nitrogens is 2. The van der Waals surface area contributed by atoms with E-state index in [0.717, 1.165) is 10.3 Å². The standard InChI is InChI=1S/C14H15N3O/c1-2-9-16-10-8-15-14(16)12-17(18)11-13-6-4-3-5-7-13/h2-8,10,12H,1,9,11H2/b17-12-. The van der Waals surface area contributed by atoms with E-state index in [-0.39, 0.29) is 0 Å². The van der Waals surface area contributed by atoms with Crippen LogP contribution in [0.15, 0.2) is 55.4 Å². The second kappa shape index (κ2) is 5.82. The first-order chi connectivity index (χ1) is 8.79. The maximum Gasteiger partial charge on any atom is 0.218 e. The maximum atomic E-state index is 11.8. The average Bonchev–Trinajstić information content (AvgIpc) is 2.78. The second-order valence-corrected chi connectivity index (χ2v) is 3.92. The van der Waals surface area contributed by atoms with Crippen molar-refractivity contribution in [2.24, 2.45) is 0 Å². The maximum absolute atomic E-state index is 11.8. The molecule has 18 heavy (non-hydrogen) atoms. The molecule has 2 aromatic rings. The van der Waals surface area contributed by atoms with Crippen molar-refractivity contribution >= 4 is 6.21 Å². The van der Waals surface area contributed by atoms with E-state index in [4.69, 9.17) is 0 Å². The molecule has 1 aromatic carbocycles. The van der Waals surface area contributed by atoms with Crippen molar-refractivity contribution < 1.29 is 4.74 Å². The number of allylic oxidation sites excluding steroid dienone is 1. The van der Waals surface area contributed by atoms with E-state index >= 15 is 0 Å². The molecule has 0 fully saturated rings. The zero-order valence-corrected chi connectivity index (χ0v) is 10.1. The number of hydroxylamine groups is 1. The summed E-state index contributed by atoms with van der Waals surface area (Å²) in [6.07, 6.45) is 6.76. The van der Waals surface area contributed by atoms with E-state index in [1.54, 1.807) is 12.3 Å². The van der Waals surface area contributed by atoms with Crippen molar-refractivity contribution in [3.05, 3.63) is 72.0 Å². The van der Waals surface area contributed by atoms with E-state index in [1.807, 2.05) is 41.1 Å². The minimum absolute atomic E-state index is 0.321. The Morgan fingerprint density at radius 1 is 1.33 bits per heavy atom. The molecule has 4 nitrogen and oxygen atoms in total. The summed E-state index contributed by atoms with van der Waals surface area (Å²) in [5.74, 6) is 0.640. The molecular weight excluding hydrogens is 226 g/mol. The fraction of sp³-hybridized carbons (Fsp3) is 0.143. The molecule has 0 spiro atoms. The van der Waals surface area contributed by atoms with E-state index in [0.29, 0.717) is 18.9 Å². The highest BCUT2D eigenvalue weighted by Crippen LogP contribution is 2.01. The molecule has 0 atom stereocenters. The minimum Gasteiger partial charge on any atom is -0.623 e. The van der Waals surface area contributed by atoms with Crippen LogP contribution < -0.4 is 0 Å². The molecule has 0 bridgehead atoms. The summed E-state index contributed by atoms with van der Waals surface area (Å²) < 4.78 is 2.75. The molecule has 0 saturated carbocycles. The van der Waals surface area contributed by atoms with Crippen LogP contribution in [0.25, 0.3) is 0 Å². The number of imidazole rings is 1. The Hall–Kier alpha value is -2.36. The molecule has 1 heterocycles. The molecule has 1 aromatic heterocycles. The fourth-order valence-corrected chi connectivity index (χ4v) is 1.68. The first-order valence-corrected chi connectivity index (χ1v) is 5.74. The zero-order chi connectivity index (χ0) is 12.8. The van der Waals surface area contributed by atoms with Gasteiger partial charge in [0.05, 0.1) is 0 Å². The van der Waals surface area contributed by atoms with Crippen molar-refractivity contribution in [2.45, 2.75) is 13.1 Å². The van der Waals surface area contributed by atoms with Crippen molar-refractivity contribution in [1.82, 2.24) is 9.55 Å². The summed E-state index contributed by atoms with van der Waals surface area (Å²) >= 11 is 0. The monoisotopic (exact) mass is 241 g/mol. The van der Waals surface area contributed by atoms with E-state index in [2.05, 4.69) is 11.6 Å². The van der Waals surface area contributed by atoms with Crippen LogP contribution in [0.4, 0.5) is 0 Å². The number of hydrogen-bond donors (Lipinski definition) is 0. The van der Waals surface area contributed by atoms with Gasteiger partial charge in [-0.25, -0.2) is 9.72 Å². The smallest absolute Gasteiger partial charge is 0.218 e. The van der Waals surface area contributed by atoms with Gasteiger partial charge in [0, 0.05) is 24.5 Å². The highest BCUT2D eigenvalue weighted by molar-refractivity contribution is 5.70. The SMILES string of the molecule is C=CCn1ccnc1/C=[N+](\[O-])Cc1ccccc1. The largest absolute Gasteiger partial charge is 0.623 e. The lowest BCUT2D eigenvalue weighted by Crippen LogP contribution is -2.10. The topological polar surface area (TPSA) is 43.9 Å². The fourth-order valence-electron chi connectivity index (χ4n) is 1.68. The lowest BCUT2D eigenvalue weighted by atomic mass is 10.2. The molecule has 0 N–H and O–H groups in total. The zero-order valence-electron chi connectivity index (χ0n) is 10.1. The summed E-state index contributed by atoms with van der Waals surface area (Å²) in [5, 5.41) is 11.8. The van der Waals surface area contributed by atoms with Crippen molar-refractivity contribution in [2.75, 3.05) is 0 Å². The van der Waals surface area contributed by atoms with Crippen LogP contribution in [0.1, 0.15) is 11.4 Å². The molecule has 4 heteroatoms. The number of nitrogens with zero attached hydrogens (tertiary/aromatic N) is 3. The Bertz CT molecular complexity index is 543. The predicted octanol–water partition coefficient (Wildman–Crippen LogP) is 2.20. The highest BCUT2D eigenvalue weighted by Gasteiger charge is 2.03. The molecule has 0 aliphatic rings. The summed E-state index contributed by atoms with van der Waals surface area (Å²) in [7, 11) is 0. The molecule has 0 saturated heterocycles. The number of benzene rings is 1. The first-order valence-electron chi connectivity index (χ1n) is 5.74. The lowest BCUT2D eigenvalue weighted by molar-refractivity contribution is -0.469. The van der Waals surface area contributed by atoms with Gasteiger partial charge in [0.15, 0.2) is 12.4 Å². The third-order valence-corrected chi connectivity index (χ3v) is 2.51. The molecule has 92 valence electrons. The molecule has 0 unspecified atom stereocenters. The highest BCUT2D eigenvalue weighted by atomic mass is 16.5. The van der Waals surface area contributed by atoms with Gasteiger partial charge in [-0.3, -0.25) is 0 Å². The number of hydrogen-bond acceptors (Lipinski definition) is 2. The lowest BCUT2D eigenvalue weighted by Gasteiger charge is -2.04. The Labute approximate surface area is 106 Å². The predicted molar refractivity (Wildman–Crippen MR) is 71.4 cm³/mol. The second-order valence-electron chi connectivity index (χ2n) is 3.92. The third kappa shape index (κ3) is 3.07. The molecule has 0 amide bonds. The van der Waals surface area contributed by atoms with Gasteiger partial charge in [0.2, 0.25) is 6.21 Å². The summed E-state index contributed by atoms with van der Waals surface area (Å²) in [6, 6.07) is 9.62. The Morgan fingerprint density at radius 3 is 2.83 bits per heavy atom. The van der Waals surface area contributed by atoms with Gasteiger partial charge in [-0.2, -0.15) is 0 Å². The van der Waals surface area contributed by atoms with Gasteiger partial charge in [-0.15, -0.1) is 6.58 Å². The van der Waals surface area contributed by atoms with E-state index < -0.39 is 0 Å². The van der Waals surface area contributed by atoms with Gasteiger partial charge in [-0.05, 0) is 0 Å². The number of rotatable bonds is 5. The van der Waals surface area contributed by atoms with Crippen LogP contribution in [0, 0.1) is 5.21 Å². The Kier molecular flexibility index (Phi) is 3.91. The average molecular weight is 241 g/mol. The third-order valence-electron chi connectivity index (χ3n) is 2.51. The van der Waals surface area contributed by atoms with Crippen LogP contribution in [-0.2, 0) is 13.1 Å². The van der Waals surface area contributed by atoms with Crippen LogP contribution in [0.5, 0.6) is 0 Å². The van der Waals surface area contributed by atoms with Crippen molar-refractivity contribution in [3.63, 3.8) is 0 Å². The molecule has 0 aliphatic carbocycles. The van der Waals surface area contributed by atoms with Crippen LogP contribution >= 0.6 is 0 Å². The van der Waals surface area contributed by atoms with Gasteiger partial charge in [-0.1, -0.05) is 36.4 Å². The van der Waals surface area contributed by atoms with Crippen molar-refractivity contribution in [1.29, 1.82) is 0 Å². The summed E-state index contributed by atoms with van der Waals surface area (Å²) in [5.41, 5.74) is 0.977. The van der Waals surface area contributed by atoms with Crippen LogP contribution in [0.3, 0.4) is 0 Å². The van der Waals surface area contributed by atoms with Crippen LogP contribution in [-0.4, -0.2) is 20.5 Å². The Balaban J connectivity index is 2.12. The quantitative estimate of drug-likeness (QED) is 0.265. The molecule has 2 rings (SSSR count). The first kappa shape index (κ1) is 12.1. The minimum atomic E-state index is 0.321. The van der Waals surface area contributed by atoms with E-state index in [1.165, 1.54) is 6.21 Å². The summed E-state index contributed by atoms with van der Waals surface area (Å²) in [6.45, 7) is 4.63. The van der Waals surface area contributed by atoms with Crippen LogP contribution in [0.2, 0.25) is 0 Å². The van der Waals surface area contributed by atoms with Gasteiger partial charge in [0.25, 0.3) is 0 Å². The van der Waals surface area contributed by atoms with Gasteiger partial charge < -0.3 is 9.77 Å². The summed E-state index contributed by atoms with van der Waals surface area (Å²) in [4.78, 5) is 4.13. The molecular formula is C14H15N3O. The van der Waals surface area contributed by atoms with Gasteiger partial charge in [0.1, 0.15) is 0 Å². The molecule has 0 aliphatic heterocycles. The van der Waals surface area contributed by atoms with Crippen molar-refractivity contribution in [3.8, 4) is 0 Å². The normalized spacial score (nSPS) is 11.4. The molecule has 0 radical (unpaired) electrons.